The maximum absolute atomic E-state index is 5.38. The lowest BCUT2D eigenvalue weighted by Gasteiger charge is -2.28. The molecule has 2 aromatic carbocycles. The van der Waals surface area contributed by atoms with Crippen LogP contribution in [0.2, 0.25) is 0 Å². The van der Waals surface area contributed by atoms with Crippen LogP contribution in [0.3, 0.4) is 0 Å². The van der Waals surface area contributed by atoms with E-state index >= 15 is 0 Å². The van der Waals surface area contributed by atoms with Crippen molar-refractivity contribution in [3.05, 3.63) is 76.0 Å². The Bertz CT molecular complexity index is 930. The molecule has 138 valence electrons. The molecule has 0 spiro atoms. The summed E-state index contributed by atoms with van der Waals surface area (Å²) in [6, 6.07) is 16.3. The van der Waals surface area contributed by atoms with Crippen LogP contribution >= 0.6 is 15.9 Å². The van der Waals surface area contributed by atoms with Gasteiger partial charge in [0.25, 0.3) is 0 Å². The molecule has 0 aliphatic carbocycles. The molecule has 1 aliphatic heterocycles. The molecule has 27 heavy (non-hydrogen) atoms. The topological polar surface area (TPSA) is 50.3 Å². The Hall–Kier alpha value is -2.44. The number of aromatic nitrogens is 2. The first kappa shape index (κ1) is 17.9. The van der Waals surface area contributed by atoms with E-state index in [4.69, 9.17) is 9.72 Å². The van der Waals surface area contributed by atoms with Crippen molar-refractivity contribution in [1.29, 1.82) is 0 Å². The summed E-state index contributed by atoms with van der Waals surface area (Å²) in [5, 5.41) is 3.26. The first-order chi connectivity index (χ1) is 13.2. The number of rotatable bonds is 5. The van der Waals surface area contributed by atoms with Crippen molar-refractivity contribution in [3.63, 3.8) is 0 Å². The van der Waals surface area contributed by atoms with Gasteiger partial charge in [0.2, 0.25) is 5.95 Å². The van der Waals surface area contributed by atoms with E-state index in [2.05, 4.69) is 55.4 Å². The van der Waals surface area contributed by atoms with Gasteiger partial charge in [0.1, 0.15) is 5.75 Å². The van der Waals surface area contributed by atoms with Crippen molar-refractivity contribution in [1.82, 2.24) is 14.9 Å². The lowest BCUT2D eigenvalue weighted by molar-refractivity contribution is 0.243. The summed E-state index contributed by atoms with van der Waals surface area (Å²) < 4.78 is 6.49. The monoisotopic (exact) mass is 424 g/mol. The minimum atomic E-state index is 0.611. The van der Waals surface area contributed by atoms with Gasteiger partial charge in [-0.1, -0.05) is 40.2 Å². The van der Waals surface area contributed by atoms with Crippen LogP contribution in [0.5, 0.6) is 5.75 Å². The smallest absolute Gasteiger partial charge is 0.227 e. The van der Waals surface area contributed by atoms with Crippen LogP contribution < -0.4 is 10.1 Å². The van der Waals surface area contributed by atoms with Gasteiger partial charge in [0.15, 0.2) is 0 Å². The second kappa shape index (κ2) is 8.06. The van der Waals surface area contributed by atoms with Gasteiger partial charge in [0.05, 0.1) is 18.5 Å². The first-order valence-electron chi connectivity index (χ1n) is 8.93. The van der Waals surface area contributed by atoms with Gasteiger partial charge in [-0.25, -0.2) is 9.97 Å². The number of nitrogens with one attached hydrogen (secondary N) is 1. The van der Waals surface area contributed by atoms with Gasteiger partial charge >= 0.3 is 0 Å². The fourth-order valence-corrected chi connectivity index (χ4v) is 3.55. The lowest BCUT2D eigenvalue weighted by atomic mass is 10.1. The molecule has 0 bridgehead atoms. The van der Waals surface area contributed by atoms with Gasteiger partial charge in [-0.05, 0) is 29.8 Å². The third-order valence-corrected chi connectivity index (χ3v) is 5.21. The van der Waals surface area contributed by atoms with Crippen LogP contribution in [0.15, 0.2) is 59.2 Å². The fraction of sp³-hybridized carbons (Fsp3) is 0.238. The van der Waals surface area contributed by atoms with E-state index in [-0.39, 0.29) is 0 Å². The zero-order valence-electron chi connectivity index (χ0n) is 15.2. The van der Waals surface area contributed by atoms with E-state index in [0.717, 1.165) is 47.7 Å². The summed E-state index contributed by atoms with van der Waals surface area (Å²) in [4.78, 5) is 11.7. The number of hydrogen-bond acceptors (Lipinski definition) is 5. The Labute approximate surface area is 167 Å². The Balaban J connectivity index is 1.45. The minimum Gasteiger partial charge on any atom is -0.495 e. The summed E-state index contributed by atoms with van der Waals surface area (Å²) in [6.45, 7) is 2.81. The van der Waals surface area contributed by atoms with E-state index in [1.807, 2.05) is 30.5 Å². The van der Waals surface area contributed by atoms with E-state index in [1.54, 1.807) is 7.11 Å². The molecule has 1 N–H and O–H groups in total. The summed E-state index contributed by atoms with van der Waals surface area (Å²) in [6.07, 6.45) is 2.86. The third-order valence-electron chi connectivity index (χ3n) is 4.69. The molecule has 0 fully saturated rings. The normalized spacial score (nSPS) is 13.9. The Morgan fingerprint density at radius 3 is 2.78 bits per heavy atom. The number of fused-ring (bicyclic) bond motifs is 1. The highest BCUT2D eigenvalue weighted by Crippen LogP contribution is 2.27. The Morgan fingerprint density at radius 2 is 1.96 bits per heavy atom. The highest BCUT2D eigenvalue weighted by Gasteiger charge is 2.19. The Kier molecular flexibility index (Phi) is 5.36. The minimum absolute atomic E-state index is 0.611. The molecule has 0 atom stereocenters. The van der Waals surface area contributed by atoms with Crippen LogP contribution in [0.25, 0.3) is 0 Å². The molecule has 0 unspecified atom stereocenters. The number of anilines is 2. The largest absolute Gasteiger partial charge is 0.495 e. The second-order valence-corrected chi connectivity index (χ2v) is 7.49. The molecule has 1 aromatic heterocycles. The SMILES string of the molecule is COc1ccccc1Nc1ncc2c(n1)CCN(Cc1ccc(Br)cc1)C2. The number of methoxy groups -OCH3 is 1. The number of hydrogen-bond donors (Lipinski definition) is 1. The standard InChI is InChI=1S/C21H21BrN4O/c1-27-20-5-3-2-4-19(20)25-21-23-12-16-14-26(11-10-18(16)24-21)13-15-6-8-17(22)9-7-15/h2-9,12H,10-11,13-14H2,1H3,(H,23,24,25). The van der Waals surface area contributed by atoms with Crippen molar-refractivity contribution in [2.24, 2.45) is 0 Å². The summed E-state index contributed by atoms with van der Waals surface area (Å²) in [5.74, 6) is 1.39. The van der Waals surface area contributed by atoms with Crippen LogP contribution in [0.1, 0.15) is 16.8 Å². The highest BCUT2D eigenvalue weighted by molar-refractivity contribution is 9.10. The van der Waals surface area contributed by atoms with Gasteiger partial charge in [-0.15, -0.1) is 0 Å². The molecule has 0 amide bonds. The van der Waals surface area contributed by atoms with Crippen molar-refractivity contribution < 1.29 is 4.74 Å². The number of ether oxygens (including phenoxy) is 1. The molecule has 3 aromatic rings. The predicted octanol–water partition coefficient (Wildman–Crippen LogP) is 4.55. The van der Waals surface area contributed by atoms with Gasteiger partial charge in [0, 0.05) is 42.3 Å². The molecule has 0 saturated heterocycles. The molecule has 0 radical (unpaired) electrons. The average molecular weight is 425 g/mol. The van der Waals surface area contributed by atoms with Crippen LogP contribution in [0, 0.1) is 0 Å². The molecule has 5 nitrogen and oxygen atoms in total. The molecule has 4 rings (SSSR count). The summed E-state index contributed by atoms with van der Waals surface area (Å²) in [5.41, 5.74) is 4.50. The van der Waals surface area contributed by atoms with E-state index in [0.29, 0.717) is 5.95 Å². The molecular weight excluding hydrogens is 404 g/mol. The van der Waals surface area contributed by atoms with Crippen LogP contribution in [0.4, 0.5) is 11.6 Å². The number of benzene rings is 2. The molecule has 0 saturated carbocycles. The number of halogens is 1. The van der Waals surface area contributed by atoms with E-state index in [1.165, 1.54) is 11.1 Å². The zero-order chi connectivity index (χ0) is 18.6. The van der Waals surface area contributed by atoms with Gasteiger partial charge < -0.3 is 10.1 Å². The van der Waals surface area contributed by atoms with Crippen molar-refractivity contribution >= 4 is 27.6 Å². The van der Waals surface area contributed by atoms with E-state index in [9.17, 15) is 0 Å². The predicted molar refractivity (Wildman–Crippen MR) is 110 cm³/mol. The quantitative estimate of drug-likeness (QED) is 0.650. The first-order valence-corrected chi connectivity index (χ1v) is 9.72. The average Bonchev–Trinajstić information content (AvgIpc) is 2.70. The molecule has 1 aliphatic rings. The summed E-state index contributed by atoms with van der Waals surface area (Å²) in [7, 11) is 1.66. The maximum Gasteiger partial charge on any atom is 0.227 e. The second-order valence-electron chi connectivity index (χ2n) is 6.58. The Morgan fingerprint density at radius 1 is 1.15 bits per heavy atom. The van der Waals surface area contributed by atoms with Gasteiger partial charge in [-0.3, -0.25) is 4.90 Å². The highest BCUT2D eigenvalue weighted by atomic mass is 79.9. The molecular formula is C21H21BrN4O. The van der Waals surface area contributed by atoms with Crippen molar-refractivity contribution in [2.45, 2.75) is 19.5 Å². The zero-order valence-corrected chi connectivity index (χ0v) is 16.7. The lowest BCUT2D eigenvalue weighted by Crippen LogP contribution is -2.31. The van der Waals surface area contributed by atoms with E-state index < -0.39 is 0 Å². The fourth-order valence-electron chi connectivity index (χ4n) is 3.29. The van der Waals surface area contributed by atoms with Crippen molar-refractivity contribution in [3.8, 4) is 5.75 Å². The third kappa shape index (κ3) is 4.28. The van der Waals surface area contributed by atoms with Crippen molar-refractivity contribution in [2.75, 3.05) is 19.0 Å². The summed E-state index contributed by atoms with van der Waals surface area (Å²) >= 11 is 3.49. The maximum atomic E-state index is 5.38. The number of para-hydroxylation sites is 2. The number of nitrogens with zero attached hydrogens (tertiary/aromatic N) is 3. The van der Waals surface area contributed by atoms with Crippen LogP contribution in [-0.2, 0) is 19.5 Å². The molecule has 6 heteroatoms. The van der Waals surface area contributed by atoms with Crippen LogP contribution in [-0.4, -0.2) is 28.5 Å². The molecule has 2 heterocycles. The van der Waals surface area contributed by atoms with Gasteiger partial charge in [-0.2, -0.15) is 0 Å².